The lowest BCUT2D eigenvalue weighted by Gasteiger charge is -2.12. The largest absolute Gasteiger partial charge is 0.484 e. The molecule has 0 aliphatic carbocycles. The molecule has 0 unspecified atom stereocenters. The molecule has 10 heteroatoms. The van der Waals surface area contributed by atoms with Crippen molar-refractivity contribution in [1.29, 1.82) is 0 Å². The van der Waals surface area contributed by atoms with Gasteiger partial charge in [-0.1, -0.05) is 6.07 Å². The molecule has 1 aromatic heterocycles. The van der Waals surface area contributed by atoms with Gasteiger partial charge in [0.1, 0.15) is 5.75 Å². The number of thiazole rings is 1. The third-order valence-electron chi connectivity index (χ3n) is 4.05. The second-order valence-electron chi connectivity index (χ2n) is 6.31. The first kappa shape index (κ1) is 21.6. The molecule has 0 aliphatic rings. The highest BCUT2D eigenvalue weighted by molar-refractivity contribution is 7.93. The van der Waals surface area contributed by atoms with E-state index in [1.165, 1.54) is 41.8 Å². The molecule has 0 spiro atoms. The molecule has 3 rings (SSSR count). The topological polar surface area (TPSA) is 109 Å². The summed E-state index contributed by atoms with van der Waals surface area (Å²) in [5.74, 6) is 0.235. The standard InChI is InChI=1S/C20H22N4O4S2/c1-3-21-18-12-16(7-4-14(18)2)28-13-19(25)23-15-5-8-17(9-6-15)30(26,27)24-20-22-10-11-29-20/h4-12,21H,3,13H2,1-2H3,(H,22,24)(H,23,25). The van der Waals surface area contributed by atoms with Crippen LogP contribution in [0.3, 0.4) is 0 Å². The molecular weight excluding hydrogens is 424 g/mol. The zero-order valence-electron chi connectivity index (χ0n) is 16.5. The third kappa shape index (κ3) is 5.71. The zero-order valence-corrected chi connectivity index (χ0v) is 18.1. The van der Waals surface area contributed by atoms with Gasteiger partial charge in [0.25, 0.3) is 15.9 Å². The second-order valence-corrected chi connectivity index (χ2v) is 8.89. The van der Waals surface area contributed by atoms with E-state index in [2.05, 4.69) is 20.3 Å². The minimum absolute atomic E-state index is 0.0718. The maximum atomic E-state index is 12.3. The fourth-order valence-corrected chi connectivity index (χ4v) is 4.37. The minimum atomic E-state index is -3.73. The van der Waals surface area contributed by atoms with Crippen LogP contribution in [0.25, 0.3) is 0 Å². The van der Waals surface area contributed by atoms with Gasteiger partial charge in [-0.15, -0.1) is 11.3 Å². The molecule has 3 N–H and O–H groups in total. The Morgan fingerprint density at radius 3 is 2.60 bits per heavy atom. The van der Waals surface area contributed by atoms with Gasteiger partial charge in [-0.3, -0.25) is 9.52 Å². The maximum absolute atomic E-state index is 12.3. The van der Waals surface area contributed by atoms with Crippen molar-refractivity contribution in [1.82, 2.24) is 4.98 Å². The Hall–Kier alpha value is -3.11. The number of hydrogen-bond acceptors (Lipinski definition) is 7. The van der Waals surface area contributed by atoms with Crippen LogP contribution < -0.4 is 20.1 Å². The molecule has 1 amide bonds. The molecule has 0 aliphatic heterocycles. The van der Waals surface area contributed by atoms with E-state index in [9.17, 15) is 13.2 Å². The molecular formula is C20H22N4O4S2. The second kappa shape index (κ2) is 9.59. The van der Waals surface area contributed by atoms with Gasteiger partial charge >= 0.3 is 0 Å². The summed E-state index contributed by atoms with van der Waals surface area (Å²) in [4.78, 5) is 16.1. The number of aryl methyl sites for hydroxylation is 1. The van der Waals surface area contributed by atoms with E-state index in [0.29, 0.717) is 11.4 Å². The van der Waals surface area contributed by atoms with Crippen molar-refractivity contribution in [3.63, 3.8) is 0 Å². The highest BCUT2D eigenvalue weighted by Gasteiger charge is 2.15. The molecule has 0 fully saturated rings. The van der Waals surface area contributed by atoms with E-state index in [4.69, 9.17) is 4.74 Å². The number of rotatable bonds is 9. The van der Waals surface area contributed by atoms with Crippen molar-refractivity contribution in [2.24, 2.45) is 0 Å². The average molecular weight is 447 g/mol. The van der Waals surface area contributed by atoms with Gasteiger partial charge in [-0.2, -0.15) is 0 Å². The molecule has 0 bridgehead atoms. The highest BCUT2D eigenvalue weighted by Crippen LogP contribution is 2.22. The first-order valence-corrected chi connectivity index (χ1v) is 11.5. The molecule has 1 heterocycles. The lowest BCUT2D eigenvalue weighted by Crippen LogP contribution is -2.20. The van der Waals surface area contributed by atoms with Gasteiger partial charge in [0.2, 0.25) is 0 Å². The molecule has 3 aromatic rings. The molecule has 158 valence electrons. The van der Waals surface area contributed by atoms with Crippen LogP contribution in [0.4, 0.5) is 16.5 Å². The monoisotopic (exact) mass is 446 g/mol. The van der Waals surface area contributed by atoms with Crippen LogP contribution in [0, 0.1) is 6.92 Å². The Kier molecular flexibility index (Phi) is 6.91. The molecule has 30 heavy (non-hydrogen) atoms. The number of nitrogens with zero attached hydrogens (tertiary/aromatic N) is 1. The number of ether oxygens (including phenoxy) is 1. The molecule has 8 nitrogen and oxygen atoms in total. The van der Waals surface area contributed by atoms with E-state index in [0.717, 1.165) is 17.8 Å². The number of aromatic nitrogens is 1. The normalized spacial score (nSPS) is 11.0. The van der Waals surface area contributed by atoms with Crippen molar-refractivity contribution in [2.75, 3.05) is 28.5 Å². The van der Waals surface area contributed by atoms with Gasteiger partial charge in [0.15, 0.2) is 11.7 Å². The highest BCUT2D eigenvalue weighted by atomic mass is 32.2. The Bertz CT molecular complexity index is 1100. The number of anilines is 3. The molecule has 0 saturated heterocycles. The Balaban J connectivity index is 1.56. The van der Waals surface area contributed by atoms with E-state index < -0.39 is 10.0 Å². The number of sulfonamides is 1. The fourth-order valence-electron chi connectivity index (χ4n) is 2.58. The summed E-state index contributed by atoms with van der Waals surface area (Å²) in [6, 6.07) is 11.4. The summed E-state index contributed by atoms with van der Waals surface area (Å²) < 4.78 is 32.6. The molecule has 0 atom stereocenters. The summed E-state index contributed by atoms with van der Waals surface area (Å²) >= 11 is 1.19. The van der Waals surface area contributed by atoms with Gasteiger partial charge in [-0.25, -0.2) is 13.4 Å². The van der Waals surface area contributed by atoms with E-state index >= 15 is 0 Å². The van der Waals surface area contributed by atoms with E-state index in [1.54, 1.807) is 11.4 Å². The van der Waals surface area contributed by atoms with Crippen molar-refractivity contribution in [2.45, 2.75) is 18.7 Å². The van der Waals surface area contributed by atoms with Crippen molar-refractivity contribution in [3.8, 4) is 5.75 Å². The van der Waals surface area contributed by atoms with Crippen LogP contribution in [0.1, 0.15) is 12.5 Å². The smallest absolute Gasteiger partial charge is 0.263 e. The van der Waals surface area contributed by atoms with Gasteiger partial charge in [0.05, 0.1) is 4.90 Å². The lowest BCUT2D eigenvalue weighted by atomic mass is 10.2. The third-order valence-corrected chi connectivity index (χ3v) is 6.22. The molecule has 0 radical (unpaired) electrons. The Morgan fingerprint density at radius 1 is 1.17 bits per heavy atom. The van der Waals surface area contributed by atoms with Gasteiger partial charge in [-0.05, 0) is 49.7 Å². The molecule has 2 aromatic carbocycles. The summed E-state index contributed by atoms with van der Waals surface area (Å²) in [6.45, 7) is 4.62. The first-order valence-electron chi connectivity index (χ1n) is 9.17. The number of benzene rings is 2. The van der Waals surface area contributed by atoms with Crippen molar-refractivity contribution < 1.29 is 17.9 Å². The van der Waals surface area contributed by atoms with Crippen molar-refractivity contribution >= 4 is 43.8 Å². The quantitative estimate of drug-likeness (QED) is 0.462. The summed E-state index contributed by atoms with van der Waals surface area (Å²) in [5.41, 5.74) is 2.51. The molecule has 0 saturated carbocycles. The Morgan fingerprint density at radius 2 is 1.93 bits per heavy atom. The van der Waals surface area contributed by atoms with Crippen LogP contribution in [-0.2, 0) is 14.8 Å². The predicted molar refractivity (Wildman–Crippen MR) is 119 cm³/mol. The van der Waals surface area contributed by atoms with Crippen LogP contribution in [0.5, 0.6) is 5.75 Å². The maximum Gasteiger partial charge on any atom is 0.263 e. The van der Waals surface area contributed by atoms with Gasteiger partial charge < -0.3 is 15.4 Å². The number of carbonyl (C=O) groups is 1. The van der Waals surface area contributed by atoms with E-state index in [-0.39, 0.29) is 22.5 Å². The Labute approximate surface area is 179 Å². The summed E-state index contributed by atoms with van der Waals surface area (Å²) in [6.07, 6.45) is 1.51. The zero-order chi connectivity index (χ0) is 21.6. The lowest BCUT2D eigenvalue weighted by molar-refractivity contribution is -0.118. The van der Waals surface area contributed by atoms with Crippen LogP contribution >= 0.6 is 11.3 Å². The van der Waals surface area contributed by atoms with Gasteiger partial charge in [0, 0.05) is 35.6 Å². The predicted octanol–water partition coefficient (Wildman–Crippen LogP) is 3.70. The number of hydrogen-bond donors (Lipinski definition) is 3. The average Bonchev–Trinajstić information content (AvgIpc) is 3.21. The summed E-state index contributed by atoms with van der Waals surface area (Å²) in [5, 5.41) is 7.89. The van der Waals surface area contributed by atoms with Crippen LogP contribution in [-0.4, -0.2) is 32.5 Å². The summed E-state index contributed by atoms with van der Waals surface area (Å²) in [7, 11) is -3.73. The first-order chi connectivity index (χ1) is 14.4. The number of nitrogens with one attached hydrogen (secondary N) is 3. The van der Waals surface area contributed by atoms with E-state index in [1.807, 2.05) is 26.0 Å². The number of amides is 1. The fraction of sp³-hybridized carbons (Fsp3) is 0.200. The van der Waals surface area contributed by atoms with Crippen LogP contribution in [0.2, 0.25) is 0 Å². The van der Waals surface area contributed by atoms with Crippen molar-refractivity contribution in [3.05, 3.63) is 59.6 Å². The SMILES string of the molecule is CCNc1cc(OCC(=O)Nc2ccc(S(=O)(=O)Nc3nccs3)cc2)ccc1C. The van der Waals surface area contributed by atoms with Crippen LogP contribution in [0.15, 0.2) is 58.9 Å². The minimum Gasteiger partial charge on any atom is -0.484 e. The number of carbonyl (C=O) groups excluding carboxylic acids is 1.